The fourth-order valence-corrected chi connectivity index (χ4v) is 2.89. The number of benzene rings is 1. The fourth-order valence-electron chi connectivity index (χ4n) is 2.73. The van der Waals surface area contributed by atoms with Gasteiger partial charge in [-0.15, -0.1) is 11.6 Å². The molecule has 0 bridgehead atoms. The van der Waals surface area contributed by atoms with Gasteiger partial charge in [-0.2, -0.15) is 0 Å². The van der Waals surface area contributed by atoms with Crippen LogP contribution >= 0.6 is 11.6 Å². The van der Waals surface area contributed by atoms with E-state index in [-0.39, 0.29) is 5.38 Å². The van der Waals surface area contributed by atoms with Gasteiger partial charge in [0.1, 0.15) is 5.82 Å². The van der Waals surface area contributed by atoms with Crippen molar-refractivity contribution >= 4 is 22.6 Å². The van der Waals surface area contributed by atoms with Crippen molar-refractivity contribution in [3.63, 3.8) is 0 Å². The van der Waals surface area contributed by atoms with Crippen LogP contribution in [-0.4, -0.2) is 23.8 Å². The molecule has 4 nitrogen and oxygen atoms in total. The average Bonchev–Trinajstić information content (AvgIpc) is 3.02. The summed E-state index contributed by atoms with van der Waals surface area (Å²) < 4.78 is 13.0. The van der Waals surface area contributed by atoms with Crippen LogP contribution < -0.4 is 9.47 Å². The van der Waals surface area contributed by atoms with Crippen LogP contribution in [-0.2, 0) is 0 Å². The average molecular weight is 295 g/mol. The number of halogens is 1. The molecule has 1 aromatic carbocycles. The van der Waals surface area contributed by atoms with Crippen LogP contribution in [0.15, 0.2) is 12.1 Å². The summed E-state index contributed by atoms with van der Waals surface area (Å²) in [5.41, 5.74) is 1.98. The molecule has 1 aliphatic rings. The number of hydrogen-bond donors (Lipinski definition) is 0. The van der Waals surface area contributed by atoms with Crippen LogP contribution in [0.3, 0.4) is 0 Å². The number of alkyl halides is 1. The zero-order chi connectivity index (χ0) is 14.4. The first kappa shape index (κ1) is 13.6. The van der Waals surface area contributed by atoms with E-state index in [1.54, 1.807) is 14.2 Å². The Morgan fingerprint density at radius 3 is 2.40 bits per heavy atom. The Morgan fingerprint density at radius 2 is 1.90 bits per heavy atom. The van der Waals surface area contributed by atoms with Gasteiger partial charge in [0.2, 0.25) is 0 Å². The monoisotopic (exact) mass is 294 g/mol. The summed E-state index contributed by atoms with van der Waals surface area (Å²) in [7, 11) is 3.28. The van der Waals surface area contributed by atoms with Crippen molar-refractivity contribution in [2.75, 3.05) is 14.2 Å². The van der Waals surface area contributed by atoms with Crippen LogP contribution in [0.2, 0.25) is 0 Å². The Balaban J connectivity index is 2.24. The fraction of sp³-hybridized carbons (Fsp3) is 0.533. The topological polar surface area (TPSA) is 36.3 Å². The zero-order valence-electron chi connectivity index (χ0n) is 12.2. The first-order valence-electron chi connectivity index (χ1n) is 6.84. The molecule has 20 heavy (non-hydrogen) atoms. The SMILES string of the molecule is COc1cc2nc(C(C)Cl)n(C3CC3C)c2cc1OC. The molecule has 1 saturated carbocycles. The Morgan fingerprint density at radius 1 is 1.30 bits per heavy atom. The number of fused-ring (bicyclic) bond motifs is 1. The van der Waals surface area contributed by atoms with Gasteiger partial charge in [-0.25, -0.2) is 4.98 Å². The molecule has 1 aliphatic carbocycles. The molecule has 0 amide bonds. The molecule has 2 aromatic rings. The molecular weight excluding hydrogens is 276 g/mol. The molecule has 3 rings (SSSR count). The number of rotatable bonds is 4. The lowest BCUT2D eigenvalue weighted by Crippen LogP contribution is -2.03. The minimum atomic E-state index is -0.118. The van der Waals surface area contributed by atoms with Crippen molar-refractivity contribution in [2.45, 2.75) is 31.7 Å². The van der Waals surface area contributed by atoms with Crippen LogP contribution in [0.25, 0.3) is 11.0 Å². The van der Waals surface area contributed by atoms with Gasteiger partial charge in [-0.1, -0.05) is 6.92 Å². The van der Waals surface area contributed by atoms with E-state index in [9.17, 15) is 0 Å². The molecule has 0 aliphatic heterocycles. The lowest BCUT2D eigenvalue weighted by atomic mass is 10.2. The number of methoxy groups -OCH3 is 2. The molecule has 1 aromatic heterocycles. The van der Waals surface area contributed by atoms with Gasteiger partial charge >= 0.3 is 0 Å². The number of ether oxygens (including phenoxy) is 2. The van der Waals surface area contributed by atoms with Crippen molar-refractivity contribution < 1.29 is 9.47 Å². The summed E-state index contributed by atoms with van der Waals surface area (Å²) in [6, 6.07) is 4.41. The standard InChI is InChI=1S/C15H19ClN2O2/c1-8-5-11(8)18-12-7-14(20-4)13(19-3)6-10(12)17-15(18)9(2)16/h6-9,11H,5H2,1-4H3. The molecule has 0 saturated heterocycles. The molecule has 0 radical (unpaired) electrons. The molecule has 0 spiro atoms. The molecule has 108 valence electrons. The predicted molar refractivity (Wildman–Crippen MR) is 79.9 cm³/mol. The van der Waals surface area contributed by atoms with E-state index >= 15 is 0 Å². The lowest BCUT2D eigenvalue weighted by Gasteiger charge is -2.11. The summed E-state index contributed by atoms with van der Waals surface area (Å²) in [6.07, 6.45) is 1.18. The highest BCUT2D eigenvalue weighted by atomic mass is 35.5. The van der Waals surface area contributed by atoms with E-state index in [1.807, 2.05) is 19.1 Å². The van der Waals surface area contributed by atoms with Crippen LogP contribution in [0.5, 0.6) is 11.5 Å². The summed E-state index contributed by atoms with van der Waals surface area (Å²) in [6.45, 7) is 4.21. The van der Waals surface area contributed by atoms with Gasteiger partial charge in [-0.3, -0.25) is 0 Å². The van der Waals surface area contributed by atoms with Gasteiger partial charge < -0.3 is 14.0 Å². The van der Waals surface area contributed by atoms with Crippen molar-refractivity contribution in [2.24, 2.45) is 5.92 Å². The summed E-state index contributed by atoms with van der Waals surface area (Å²) in [4.78, 5) is 4.69. The Bertz CT molecular complexity index is 651. The second-order valence-electron chi connectivity index (χ2n) is 5.43. The number of aromatic nitrogens is 2. The second-order valence-corrected chi connectivity index (χ2v) is 6.09. The summed E-state index contributed by atoms with van der Waals surface area (Å²) >= 11 is 6.30. The first-order chi connectivity index (χ1) is 9.56. The van der Waals surface area contributed by atoms with Gasteiger partial charge in [0.05, 0.1) is 30.6 Å². The number of nitrogens with zero attached hydrogens (tertiary/aromatic N) is 2. The molecule has 1 heterocycles. The van der Waals surface area contributed by atoms with Crippen LogP contribution in [0.4, 0.5) is 0 Å². The molecule has 0 N–H and O–H groups in total. The number of imidazole rings is 1. The smallest absolute Gasteiger partial charge is 0.163 e. The first-order valence-corrected chi connectivity index (χ1v) is 7.28. The summed E-state index contributed by atoms with van der Waals surface area (Å²) in [5.74, 6) is 3.02. The maximum Gasteiger partial charge on any atom is 0.163 e. The highest BCUT2D eigenvalue weighted by Crippen LogP contribution is 2.47. The van der Waals surface area contributed by atoms with Gasteiger partial charge in [0.15, 0.2) is 11.5 Å². The molecule has 3 atom stereocenters. The Hall–Kier alpha value is -1.42. The third-order valence-corrected chi connectivity index (χ3v) is 4.17. The van der Waals surface area contributed by atoms with Crippen molar-refractivity contribution in [1.29, 1.82) is 0 Å². The van der Waals surface area contributed by atoms with Crippen molar-refractivity contribution in [3.05, 3.63) is 18.0 Å². The summed E-state index contributed by atoms with van der Waals surface area (Å²) in [5, 5.41) is -0.118. The van der Waals surface area contributed by atoms with E-state index in [2.05, 4.69) is 16.5 Å². The number of hydrogen-bond acceptors (Lipinski definition) is 3. The normalized spacial score (nSPS) is 22.9. The highest BCUT2D eigenvalue weighted by Gasteiger charge is 2.37. The van der Waals surface area contributed by atoms with Gasteiger partial charge in [0.25, 0.3) is 0 Å². The van der Waals surface area contributed by atoms with E-state index < -0.39 is 0 Å². The largest absolute Gasteiger partial charge is 0.493 e. The third-order valence-electron chi connectivity index (χ3n) is 3.98. The van der Waals surface area contributed by atoms with Crippen LogP contribution in [0, 0.1) is 5.92 Å². The van der Waals surface area contributed by atoms with E-state index in [1.165, 1.54) is 6.42 Å². The maximum absolute atomic E-state index is 6.30. The van der Waals surface area contributed by atoms with E-state index in [4.69, 9.17) is 21.1 Å². The predicted octanol–water partition coefficient (Wildman–Crippen LogP) is 3.93. The van der Waals surface area contributed by atoms with Crippen molar-refractivity contribution in [3.8, 4) is 11.5 Å². The van der Waals surface area contributed by atoms with Gasteiger partial charge in [0, 0.05) is 18.2 Å². The molecule has 5 heteroatoms. The van der Waals surface area contributed by atoms with Crippen molar-refractivity contribution in [1.82, 2.24) is 9.55 Å². The quantitative estimate of drug-likeness (QED) is 0.802. The maximum atomic E-state index is 6.30. The second kappa shape index (κ2) is 4.85. The molecular formula is C15H19ClN2O2. The minimum absolute atomic E-state index is 0.118. The third kappa shape index (κ3) is 2.03. The van der Waals surface area contributed by atoms with Crippen LogP contribution in [0.1, 0.15) is 37.5 Å². The Labute approximate surface area is 123 Å². The molecule has 1 fully saturated rings. The lowest BCUT2D eigenvalue weighted by molar-refractivity contribution is 0.355. The van der Waals surface area contributed by atoms with E-state index in [0.29, 0.717) is 17.7 Å². The highest BCUT2D eigenvalue weighted by molar-refractivity contribution is 6.20. The van der Waals surface area contributed by atoms with E-state index in [0.717, 1.165) is 22.6 Å². The molecule has 3 unspecified atom stereocenters. The minimum Gasteiger partial charge on any atom is -0.493 e. The zero-order valence-corrected chi connectivity index (χ0v) is 12.9. The Kier molecular flexibility index (Phi) is 3.28. The van der Waals surface area contributed by atoms with Gasteiger partial charge in [-0.05, 0) is 19.3 Å².